The molecule has 0 aliphatic rings. The van der Waals surface area contributed by atoms with Gasteiger partial charge in [-0.05, 0) is 23.8 Å². The van der Waals surface area contributed by atoms with E-state index < -0.39 is 0 Å². The van der Waals surface area contributed by atoms with Crippen LogP contribution < -0.4 is 18.9 Å². The second-order valence-electron chi connectivity index (χ2n) is 4.71. The summed E-state index contributed by atoms with van der Waals surface area (Å²) >= 11 is 0. The van der Waals surface area contributed by atoms with Gasteiger partial charge in [0.15, 0.2) is 23.0 Å². The van der Waals surface area contributed by atoms with Gasteiger partial charge in [-0.15, -0.1) is 0 Å². The largest absolute Gasteiger partial charge is 0.504 e. The molecule has 5 nitrogen and oxygen atoms in total. The van der Waals surface area contributed by atoms with Crippen LogP contribution >= 0.6 is 0 Å². The van der Waals surface area contributed by atoms with Crippen molar-refractivity contribution in [3.8, 4) is 28.7 Å². The summed E-state index contributed by atoms with van der Waals surface area (Å²) in [4.78, 5) is 0. The van der Waals surface area contributed by atoms with Crippen molar-refractivity contribution in [2.75, 3.05) is 28.4 Å². The lowest BCUT2D eigenvalue weighted by Crippen LogP contribution is -1.94. The van der Waals surface area contributed by atoms with Crippen molar-refractivity contribution in [1.82, 2.24) is 0 Å². The number of phenolic OH excluding ortho intramolecular Hbond substituents is 1. The molecule has 122 valence electrons. The van der Waals surface area contributed by atoms with Crippen LogP contribution in [0.5, 0.6) is 28.7 Å². The van der Waals surface area contributed by atoms with Gasteiger partial charge in [0.1, 0.15) is 5.75 Å². The van der Waals surface area contributed by atoms with Crippen LogP contribution in [0, 0.1) is 0 Å². The fourth-order valence-corrected chi connectivity index (χ4v) is 2.18. The van der Waals surface area contributed by atoms with E-state index in [4.69, 9.17) is 18.9 Å². The molecule has 0 amide bonds. The second kappa shape index (κ2) is 7.45. The van der Waals surface area contributed by atoms with Crippen molar-refractivity contribution >= 4 is 12.2 Å². The van der Waals surface area contributed by atoms with E-state index >= 15 is 0 Å². The molecule has 0 heterocycles. The number of phenols is 1. The molecular weight excluding hydrogens is 296 g/mol. The molecule has 0 aliphatic carbocycles. The first-order valence-electron chi connectivity index (χ1n) is 6.98. The maximum Gasteiger partial charge on any atom is 0.164 e. The standard InChI is InChI=1S/C18H20O5/c1-20-15-8-6-12(9-14(15)19)5-7-13-10-17(22-3)18(23-4)11-16(13)21-2/h5-11,19H,1-4H3/b7-5-. The molecular formula is C18H20O5. The van der Waals surface area contributed by atoms with E-state index in [1.807, 2.05) is 24.3 Å². The highest BCUT2D eigenvalue weighted by molar-refractivity contribution is 5.75. The Hall–Kier alpha value is -2.82. The minimum absolute atomic E-state index is 0.0916. The number of rotatable bonds is 6. The number of benzene rings is 2. The molecule has 0 radical (unpaired) electrons. The minimum atomic E-state index is 0.0916. The molecule has 5 heteroatoms. The van der Waals surface area contributed by atoms with Crippen molar-refractivity contribution in [2.24, 2.45) is 0 Å². The van der Waals surface area contributed by atoms with E-state index in [1.54, 1.807) is 39.5 Å². The number of hydrogen-bond acceptors (Lipinski definition) is 5. The van der Waals surface area contributed by atoms with Crippen LogP contribution in [-0.2, 0) is 0 Å². The minimum Gasteiger partial charge on any atom is -0.504 e. The Kier molecular flexibility index (Phi) is 5.36. The molecule has 23 heavy (non-hydrogen) atoms. The van der Waals surface area contributed by atoms with Gasteiger partial charge in [0, 0.05) is 11.6 Å². The van der Waals surface area contributed by atoms with Crippen LogP contribution in [0.2, 0.25) is 0 Å². The van der Waals surface area contributed by atoms with Crippen molar-refractivity contribution < 1.29 is 24.1 Å². The maximum absolute atomic E-state index is 9.82. The van der Waals surface area contributed by atoms with E-state index in [0.717, 1.165) is 11.1 Å². The lowest BCUT2D eigenvalue weighted by molar-refractivity contribution is 0.348. The molecule has 0 atom stereocenters. The topological polar surface area (TPSA) is 57.2 Å². The molecule has 0 saturated heterocycles. The highest BCUT2D eigenvalue weighted by atomic mass is 16.5. The normalized spacial score (nSPS) is 10.6. The quantitative estimate of drug-likeness (QED) is 0.825. The van der Waals surface area contributed by atoms with Gasteiger partial charge >= 0.3 is 0 Å². The average Bonchev–Trinajstić information content (AvgIpc) is 2.59. The van der Waals surface area contributed by atoms with Gasteiger partial charge in [-0.2, -0.15) is 0 Å². The Balaban J connectivity index is 2.36. The third-order valence-corrected chi connectivity index (χ3v) is 3.39. The first kappa shape index (κ1) is 16.5. The van der Waals surface area contributed by atoms with Gasteiger partial charge in [0.05, 0.1) is 28.4 Å². The third kappa shape index (κ3) is 3.69. The molecule has 2 aromatic rings. The molecule has 0 spiro atoms. The van der Waals surface area contributed by atoms with Gasteiger partial charge in [0.2, 0.25) is 0 Å². The first-order valence-corrected chi connectivity index (χ1v) is 6.98. The summed E-state index contributed by atoms with van der Waals surface area (Å²) in [6.45, 7) is 0. The highest BCUT2D eigenvalue weighted by Crippen LogP contribution is 2.35. The predicted molar refractivity (Wildman–Crippen MR) is 89.7 cm³/mol. The number of ether oxygens (including phenoxy) is 4. The Morgan fingerprint density at radius 3 is 1.87 bits per heavy atom. The molecule has 0 aliphatic heterocycles. The Morgan fingerprint density at radius 1 is 0.696 bits per heavy atom. The maximum atomic E-state index is 9.82. The van der Waals surface area contributed by atoms with Crippen LogP contribution in [0.3, 0.4) is 0 Å². The van der Waals surface area contributed by atoms with Crippen molar-refractivity contribution in [3.63, 3.8) is 0 Å². The van der Waals surface area contributed by atoms with E-state index in [1.165, 1.54) is 7.11 Å². The Labute approximate surface area is 135 Å². The van der Waals surface area contributed by atoms with Gasteiger partial charge in [0.25, 0.3) is 0 Å². The summed E-state index contributed by atoms with van der Waals surface area (Å²) in [7, 11) is 6.27. The average molecular weight is 316 g/mol. The van der Waals surface area contributed by atoms with Crippen molar-refractivity contribution in [1.29, 1.82) is 0 Å². The zero-order valence-corrected chi connectivity index (χ0v) is 13.6. The van der Waals surface area contributed by atoms with E-state index in [-0.39, 0.29) is 5.75 Å². The molecule has 2 rings (SSSR count). The SMILES string of the molecule is COc1ccc(/C=C\c2cc(OC)c(OC)cc2OC)cc1O. The van der Waals surface area contributed by atoms with Crippen LogP contribution in [0.15, 0.2) is 30.3 Å². The van der Waals surface area contributed by atoms with Gasteiger partial charge in [-0.3, -0.25) is 0 Å². The Morgan fingerprint density at radius 2 is 1.30 bits per heavy atom. The van der Waals surface area contributed by atoms with Gasteiger partial charge < -0.3 is 24.1 Å². The van der Waals surface area contributed by atoms with E-state index in [9.17, 15) is 5.11 Å². The van der Waals surface area contributed by atoms with E-state index in [2.05, 4.69) is 0 Å². The van der Waals surface area contributed by atoms with Gasteiger partial charge in [-0.25, -0.2) is 0 Å². The summed E-state index contributed by atoms with van der Waals surface area (Å²) in [6, 6.07) is 8.78. The lowest BCUT2D eigenvalue weighted by Gasteiger charge is -2.12. The molecule has 0 saturated carbocycles. The fraction of sp³-hybridized carbons (Fsp3) is 0.222. The first-order chi connectivity index (χ1) is 11.1. The zero-order chi connectivity index (χ0) is 16.8. The van der Waals surface area contributed by atoms with Crippen LogP contribution in [0.1, 0.15) is 11.1 Å². The van der Waals surface area contributed by atoms with Gasteiger partial charge in [-0.1, -0.05) is 18.2 Å². The lowest BCUT2D eigenvalue weighted by atomic mass is 10.1. The van der Waals surface area contributed by atoms with Crippen LogP contribution in [0.4, 0.5) is 0 Å². The summed E-state index contributed by atoms with van der Waals surface area (Å²) in [6.07, 6.45) is 3.74. The fourth-order valence-electron chi connectivity index (χ4n) is 2.18. The highest BCUT2D eigenvalue weighted by Gasteiger charge is 2.10. The second-order valence-corrected chi connectivity index (χ2v) is 4.71. The smallest absolute Gasteiger partial charge is 0.164 e. The summed E-state index contributed by atoms with van der Waals surface area (Å²) in [5, 5.41) is 9.82. The molecule has 2 aromatic carbocycles. The summed E-state index contributed by atoms with van der Waals surface area (Å²) < 4.78 is 21.0. The monoisotopic (exact) mass is 316 g/mol. The molecule has 1 N–H and O–H groups in total. The number of aromatic hydroxyl groups is 1. The molecule has 0 aromatic heterocycles. The van der Waals surface area contributed by atoms with Crippen molar-refractivity contribution in [2.45, 2.75) is 0 Å². The molecule has 0 fully saturated rings. The summed E-state index contributed by atoms with van der Waals surface area (Å²) in [5.41, 5.74) is 1.67. The molecule has 0 unspecified atom stereocenters. The predicted octanol–water partition coefficient (Wildman–Crippen LogP) is 3.60. The third-order valence-electron chi connectivity index (χ3n) is 3.39. The summed E-state index contributed by atoms with van der Waals surface area (Å²) in [5.74, 6) is 2.41. The molecule has 0 bridgehead atoms. The van der Waals surface area contributed by atoms with E-state index in [0.29, 0.717) is 23.0 Å². The van der Waals surface area contributed by atoms with Crippen LogP contribution in [-0.4, -0.2) is 33.5 Å². The van der Waals surface area contributed by atoms with Crippen molar-refractivity contribution in [3.05, 3.63) is 41.5 Å². The number of hydrogen-bond donors (Lipinski definition) is 1. The zero-order valence-electron chi connectivity index (χ0n) is 13.6. The Bertz CT molecular complexity index is 707. The number of methoxy groups -OCH3 is 4. The van der Waals surface area contributed by atoms with Crippen LogP contribution in [0.25, 0.3) is 12.2 Å².